The summed E-state index contributed by atoms with van der Waals surface area (Å²) in [5, 5.41) is 12.9. The highest BCUT2D eigenvalue weighted by atomic mass is 35.5. The Morgan fingerprint density at radius 3 is 2.45 bits per heavy atom. The third-order valence-electron chi connectivity index (χ3n) is 3.96. The van der Waals surface area contributed by atoms with Crippen LogP contribution in [0.25, 0.3) is 0 Å². The van der Waals surface area contributed by atoms with Crippen molar-refractivity contribution < 1.29 is 19.4 Å². The first-order valence-corrected chi connectivity index (χ1v) is 7.69. The van der Waals surface area contributed by atoms with Gasteiger partial charge in [-0.05, 0) is 24.6 Å². The number of amides is 1. The summed E-state index contributed by atoms with van der Waals surface area (Å²) in [6.45, 7) is 2.32. The Hall–Kier alpha value is -1.30. The molecule has 1 saturated heterocycles. The number of rotatable bonds is 4. The Kier molecular flexibility index (Phi) is 5.32. The van der Waals surface area contributed by atoms with Crippen molar-refractivity contribution in [2.75, 3.05) is 13.2 Å². The Balaban J connectivity index is 2.15. The van der Waals surface area contributed by atoms with Gasteiger partial charge in [0, 0.05) is 26.1 Å². The van der Waals surface area contributed by atoms with E-state index in [9.17, 15) is 14.7 Å². The van der Waals surface area contributed by atoms with E-state index >= 15 is 0 Å². The van der Waals surface area contributed by atoms with Crippen molar-refractivity contribution >= 4 is 35.1 Å². The van der Waals surface area contributed by atoms with E-state index in [1.165, 1.54) is 0 Å². The first kappa shape index (κ1) is 17.1. The second-order valence-corrected chi connectivity index (χ2v) is 6.20. The SMILES string of the molecule is CC(C(=O)NC1(C(=O)O)CCOCC1)c1ccc(Cl)c(Cl)c1. The Morgan fingerprint density at radius 2 is 1.91 bits per heavy atom. The number of carbonyl (C=O) groups excluding carboxylic acids is 1. The second kappa shape index (κ2) is 6.86. The maximum Gasteiger partial charge on any atom is 0.329 e. The van der Waals surface area contributed by atoms with Gasteiger partial charge in [0.1, 0.15) is 5.54 Å². The molecule has 2 rings (SSSR count). The van der Waals surface area contributed by atoms with Gasteiger partial charge in [0.05, 0.1) is 16.0 Å². The topological polar surface area (TPSA) is 75.6 Å². The van der Waals surface area contributed by atoms with Gasteiger partial charge in [-0.15, -0.1) is 0 Å². The highest BCUT2D eigenvalue weighted by Gasteiger charge is 2.42. The van der Waals surface area contributed by atoms with Crippen LogP contribution in [0, 0.1) is 0 Å². The van der Waals surface area contributed by atoms with Crippen LogP contribution in [0.2, 0.25) is 10.0 Å². The fourth-order valence-corrected chi connectivity index (χ4v) is 2.70. The van der Waals surface area contributed by atoms with E-state index in [0.29, 0.717) is 28.8 Å². The van der Waals surface area contributed by atoms with Crippen molar-refractivity contribution in [1.82, 2.24) is 5.32 Å². The van der Waals surface area contributed by atoms with Crippen LogP contribution in [0.1, 0.15) is 31.2 Å². The molecule has 1 unspecified atom stereocenters. The molecule has 0 radical (unpaired) electrons. The lowest BCUT2D eigenvalue weighted by molar-refractivity contribution is -0.152. The van der Waals surface area contributed by atoms with E-state index in [1.807, 2.05) is 0 Å². The summed E-state index contributed by atoms with van der Waals surface area (Å²) < 4.78 is 5.18. The van der Waals surface area contributed by atoms with Crippen LogP contribution in [0.15, 0.2) is 18.2 Å². The van der Waals surface area contributed by atoms with Gasteiger partial charge in [0.2, 0.25) is 5.91 Å². The Labute approximate surface area is 138 Å². The molecule has 1 aromatic carbocycles. The summed E-state index contributed by atoms with van der Waals surface area (Å²) in [5.41, 5.74) is -0.584. The molecule has 0 spiro atoms. The normalized spacial score (nSPS) is 18.5. The minimum atomic E-state index is -1.26. The fraction of sp³-hybridized carbons (Fsp3) is 0.467. The smallest absolute Gasteiger partial charge is 0.329 e. The molecule has 7 heteroatoms. The summed E-state index contributed by atoms with van der Waals surface area (Å²) in [5.74, 6) is -1.93. The third kappa shape index (κ3) is 3.54. The molecule has 22 heavy (non-hydrogen) atoms. The molecule has 1 aromatic rings. The van der Waals surface area contributed by atoms with Gasteiger partial charge in [0.25, 0.3) is 0 Å². The lowest BCUT2D eigenvalue weighted by atomic mass is 9.88. The van der Waals surface area contributed by atoms with Crippen LogP contribution >= 0.6 is 23.2 Å². The van der Waals surface area contributed by atoms with Gasteiger partial charge < -0.3 is 15.2 Å². The maximum absolute atomic E-state index is 12.4. The zero-order chi connectivity index (χ0) is 16.3. The molecule has 120 valence electrons. The van der Waals surface area contributed by atoms with Crippen LogP contribution in [0.4, 0.5) is 0 Å². The van der Waals surface area contributed by atoms with E-state index in [0.717, 1.165) is 0 Å². The first-order chi connectivity index (χ1) is 10.4. The van der Waals surface area contributed by atoms with E-state index in [-0.39, 0.29) is 18.7 Å². The maximum atomic E-state index is 12.4. The van der Waals surface area contributed by atoms with E-state index in [2.05, 4.69) is 5.32 Å². The van der Waals surface area contributed by atoms with Crippen LogP contribution in [-0.4, -0.2) is 35.7 Å². The number of aliphatic carboxylic acids is 1. The predicted octanol–water partition coefficient (Wildman–Crippen LogP) is 2.85. The molecular formula is C15H17Cl2NO4. The molecular weight excluding hydrogens is 329 g/mol. The van der Waals surface area contributed by atoms with Crippen molar-refractivity contribution in [2.24, 2.45) is 0 Å². The van der Waals surface area contributed by atoms with Crippen molar-refractivity contribution in [3.8, 4) is 0 Å². The van der Waals surface area contributed by atoms with Gasteiger partial charge >= 0.3 is 5.97 Å². The molecule has 1 fully saturated rings. The van der Waals surface area contributed by atoms with Gasteiger partial charge in [-0.1, -0.05) is 29.3 Å². The summed E-state index contributed by atoms with van der Waals surface area (Å²) in [4.78, 5) is 24.0. The summed E-state index contributed by atoms with van der Waals surface area (Å²) in [7, 11) is 0. The standard InChI is InChI=1S/C15H17Cl2NO4/c1-9(10-2-3-11(16)12(17)8-10)13(19)18-15(14(20)21)4-6-22-7-5-15/h2-3,8-9H,4-7H2,1H3,(H,18,19)(H,20,21). The number of benzene rings is 1. The average molecular weight is 346 g/mol. The molecule has 1 amide bonds. The molecule has 0 aliphatic carbocycles. The Morgan fingerprint density at radius 1 is 1.27 bits per heavy atom. The molecule has 1 atom stereocenters. The molecule has 1 aliphatic heterocycles. The van der Waals surface area contributed by atoms with Gasteiger partial charge in [-0.3, -0.25) is 4.79 Å². The summed E-state index contributed by atoms with van der Waals surface area (Å²) >= 11 is 11.8. The number of carbonyl (C=O) groups is 2. The highest BCUT2D eigenvalue weighted by Crippen LogP contribution is 2.28. The summed E-state index contributed by atoms with van der Waals surface area (Å²) in [6, 6.07) is 4.94. The predicted molar refractivity (Wildman–Crippen MR) is 83.4 cm³/mol. The molecule has 0 aromatic heterocycles. The van der Waals surface area contributed by atoms with Gasteiger partial charge in [-0.25, -0.2) is 4.79 Å². The number of carboxylic acids is 1. The van der Waals surface area contributed by atoms with Crippen molar-refractivity contribution in [1.29, 1.82) is 0 Å². The molecule has 0 saturated carbocycles. The first-order valence-electron chi connectivity index (χ1n) is 6.94. The van der Waals surface area contributed by atoms with Crippen LogP contribution in [-0.2, 0) is 14.3 Å². The zero-order valence-electron chi connectivity index (χ0n) is 12.1. The van der Waals surface area contributed by atoms with Crippen molar-refractivity contribution in [2.45, 2.75) is 31.2 Å². The fourth-order valence-electron chi connectivity index (χ4n) is 2.39. The van der Waals surface area contributed by atoms with Crippen LogP contribution in [0.5, 0.6) is 0 Å². The van der Waals surface area contributed by atoms with E-state index in [1.54, 1.807) is 25.1 Å². The number of carboxylic acid groups (broad SMARTS) is 1. The Bertz CT molecular complexity index is 585. The van der Waals surface area contributed by atoms with E-state index < -0.39 is 17.4 Å². The van der Waals surface area contributed by atoms with Crippen LogP contribution < -0.4 is 5.32 Å². The average Bonchev–Trinajstić information content (AvgIpc) is 2.50. The lowest BCUT2D eigenvalue weighted by Gasteiger charge is -2.34. The number of halogens is 2. The molecule has 0 bridgehead atoms. The van der Waals surface area contributed by atoms with Crippen molar-refractivity contribution in [3.63, 3.8) is 0 Å². The monoisotopic (exact) mass is 345 g/mol. The molecule has 1 heterocycles. The second-order valence-electron chi connectivity index (χ2n) is 5.38. The molecule has 1 aliphatic rings. The quantitative estimate of drug-likeness (QED) is 0.879. The van der Waals surface area contributed by atoms with Crippen molar-refractivity contribution in [3.05, 3.63) is 33.8 Å². The molecule has 5 nitrogen and oxygen atoms in total. The lowest BCUT2D eigenvalue weighted by Crippen LogP contribution is -2.58. The number of hydrogen-bond donors (Lipinski definition) is 2. The third-order valence-corrected chi connectivity index (χ3v) is 4.69. The largest absolute Gasteiger partial charge is 0.480 e. The zero-order valence-corrected chi connectivity index (χ0v) is 13.6. The minimum Gasteiger partial charge on any atom is -0.480 e. The number of ether oxygens (including phenoxy) is 1. The minimum absolute atomic E-state index is 0.252. The number of nitrogens with one attached hydrogen (secondary N) is 1. The van der Waals surface area contributed by atoms with Gasteiger partial charge in [0.15, 0.2) is 0 Å². The van der Waals surface area contributed by atoms with Crippen LogP contribution in [0.3, 0.4) is 0 Å². The summed E-state index contributed by atoms with van der Waals surface area (Å²) in [6.07, 6.45) is 0.504. The van der Waals surface area contributed by atoms with E-state index in [4.69, 9.17) is 27.9 Å². The highest BCUT2D eigenvalue weighted by molar-refractivity contribution is 6.42. The molecule has 2 N–H and O–H groups in total. The van der Waals surface area contributed by atoms with Gasteiger partial charge in [-0.2, -0.15) is 0 Å². The number of hydrogen-bond acceptors (Lipinski definition) is 3.